The highest BCUT2D eigenvalue weighted by Gasteiger charge is 1.99. The number of nitrogen functional groups attached to an aromatic ring is 2. The zero-order chi connectivity index (χ0) is 29.5. The van der Waals surface area contributed by atoms with E-state index in [1.807, 2.05) is 0 Å². The summed E-state index contributed by atoms with van der Waals surface area (Å²) in [6, 6.07) is 9.51. The average Bonchev–Trinajstić information content (AvgIpc) is 2.78. The van der Waals surface area contributed by atoms with Crippen LogP contribution >= 0.6 is 0 Å². The van der Waals surface area contributed by atoms with E-state index in [1.54, 1.807) is 0 Å². The van der Waals surface area contributed by atoms with Crippen molar-refractivity contribution in [1.82, 2.24) is 0 Å². The first kappa shape index (κ1) is 8.58. The van der Waals surface area contributed by atoms with Crippen LogP contribution in [0.5, 0.6) is 11.5 Å². The molecular formula is C20H26N4O2. The second kappa shape index (κ2) is 10.1. The Bertz CT molecular complexity index is 1090. The van der Waals surface area contributed by atoms with Gasteiger partial charge < -0.3 is 20.9 Å². The molecule has 2 rings (SSSR count). The molecule has 0 aliphatic heterocycles. The van der Waals surface area contributed by atoms with Crippen molar-refractivity contribution in [3.8, 4) is 11.5 Å². The molecule has 2 aromatic rings. The first-order valence-corrected chi connectivity index (χ1v) is 7.29. The summed E-state index contributed by atoms with van der Waals surface area (Å²) in [5.74, 6) is -1.27. The van der Waals surface area contributed by atoms with Crippen LogP contribution in [-0.2, 0) is 0 Å². The van der Waals surface area contributed by atoms with Crippen molar-refractivity contribution >= 4 is 11.7 Å². The van der Waals surface area contributed by atoms with Crippen LogP contribution in [0.4, 0.5) is 0 Å². The Kier molecular flexibility index (Phi) is 3.32. The lowest BCUT2D eigenvalue weighted by molar-refractivity contribution is 0.287. The van der Waals surface area contributed by atoms with E-state index in [2.05, 4.69) is 0 Å². The number of nitrogens with two attached hydrogens (primary N) is 2. The number of hydrogen-bond acceptors (Lipinski definition) is 4. The molecule has 0 aliphatic rings. The van der Waals surface area contributed by atoms with Gasteiger partial charge in [0.2, 0.25) is 0 Å². The smallest absolute Gasteiger partial charge is 0.122 e. The van der Waals surface area contributed by atoms with Crippen molar-refractivity contribution < 1.29 is 25.9 Å². The lowest BCUT2D eigenvalue weighted by Gasteiger charge is -2.08. The molecule has 6 N–H and O–H groups in total. The minimum atomic E-state index is -4.05. The molecule has 0 heterocycles. The van der Waals surface area contributed by atoms with Crippen molar-refractivity contribution in [2.24, 2.45) is 11.5 Å². The summed E-state index contributed by atoms with van der Waals surface area (Å²) in [6.07, 6.45) is -15.9. The predicted molar refractivity (Wildman–Crippen MR) is 104 cm³/mol. The highest BCUT2D eigenvalue weighted by molar-refractivity contribution is 5.95. The molecule has 0 spiro atoms. The maximum atomic E-state index is 8.19. The molecule has 6 heteroatoms. The molecular weight excluding hydrogens is 328 g/mol. The number of amidine groups is 2. The molecule has 0 aliphatic carbocycles. The fourth-order valence-electron chi connectivity index (χ4n) is 1.69. The van der Waals surface area contributed by atoms with Gasteiger partial charge in [-0.25, -0.2) is 0 Å². The zero-order valence-corrected chi connectivity index (χ0v) is 13.6. The van der Waals surface area contributed by atoms with Gasteiger partial charge in [0.15, 0.2) is 0 Å². The summed E-state index contributed by atoms with van der Waals surface area (Å²) in [7, 11) is 0. The van der Waals surface area contributed by atoms with Crippen LogP contribution in [0.2, 0.25) is 0 Å². The Labute approximate surface area is 171 Å². The largest absolute Gasteiger partial charge is 0.494 e. The van der Waals surface area contributed by atoms with E-state index in [4.69, 9.17) is 48.2 Å². The van der Waals surface area contributed by atoms with Crippen LogP contribution in [0.3, 0.4) is 0 Å². The van der Waals surface area contributed by atoms with Crippen molar-refractivity contribution in [3.63, 3.8) is 0 Å². The Balaban J connectivity index is 2.41. The zero-order valence-electron chi connectivity index (χ0n) is 25.6. The van der Waals surface area contributed by atoms with Gasteiger partial charge in [-0.15, -0.1) is 0 Å². The van der Waals surface area contributed by atoms with E-state index in [0.29, 0.717) is 0 Å². The molecule has 0 amide bonds. The van der Waals surface area contributed by atoms with Crippen LogP contribution in [-0.4, -0.2) is 24.8 Å². The monoisotopic (exact) mass is 366 g/mol. The van der Waals surface area contributed by atoms with Crippen LogP contribution < -0.4 is 20.9 Å². The molecule has 0 atom stereocenters. The van der Waals surface area contributed by atoms with Crippen molar-refractivity contribution in [2.75, 3.05) is 13.1 Å². The standard InChI is InChI=1S/C20H26N4O2/c21-19(22)15-5-9-17(10-6-15)25-13-3-1-2-4-14-26-18-11-7-16(8-12-18)20(23)24/h5-12H,1-4,13-14H2,(H3,21,22)(H3,23,24)/i1D2,2D2,3D2,4D2,13D2,14D2. The van der Waals surface area contributed by atoms with Gasteiger partial charge in [0.25, 0.3) is 0 Å². The molecule has 2 aromatic carbocycles. The Hall–Kier alpha value is -3.02. The molecule has 0 saturated carbocycles. The molecule has 26 heavy (non-hydrogen) atoms. The van der Waals surface area contributed by atoms with Crippen molar-refractivity contribution in [2.45, 2.75) is 25.5 Å². The summed E-state index contributed by atoms with van der Waals surface area (Å²) in [6.45, 7) is -7.21. The first-order chi connectivity index (χ1) is 17.0. The quantitative estimate of drug-likeness (QED) is 0.360. The molecule has 138 valence electrons. The van der Waals surface area contributed by atoms with E-state index < -0.39 is 38.6 Å². The van der Waals surface area contributed by atoms with Crippen molar-refractivity contribution in [1.29, 1.82) is 10.8 Å². The molecule has 0 saturated heterocycles. The van der Waals surface area contributed by atoms with E-state index in [9.17, 15) is 0 Å². The summed E-state index contributed by atoms with van der Waals surface area (Å²) < 4.78 is 108. The molecule has 0 radical (unpaired) electrons. The predicted octanol–water partition coefficient (Wildman–Crippen LogP) is 3.27. The van der Waals surface area contributed by atoms with E-state index >= 15 is 0 Å². The van der Waals surface area contributed by atoms with E-state index in [-0.39, 0.29) is 34.3 Å². The SMILES string of the molecule is [2H]C([2H])(Oc1ccc(C(=N)N)cc1)C([2H])([2H])C([2H])([2H])C([2H])([2H])C([2H])([2H])C([2H])([2H])Oc1ccc(C(=N)N)cc1. The lowest BCUT2D eigenvalue weighted by Crippen LogP contribution is -2.10. The number of benzene rings is 2. The number of rotatable bonds is 11. The van der Waals surface area contributed by atoms with Crippen LogP contribution in [0, 0.1) is 10.8 Å². The van der Waals surface area contributed by atoms with Crippen LogP contribution in [0.15, 0.2) is 48.5 Å². The number of hydrogen-bond donors (Lipinski definition) is 4. The fourth-order valence-corrected chi connectivity index (χ4v) is 1.69. The lowest BCUT2D eigenvalue weighted by atomic mass is 10.2. The van der Waals surface area contributed by atoms with E-state index in [0.717, 1.165) is 24.3 Å². The highest BCUT2D eigenvalue weighted by Crippen LogP contribution is 2.14. The molecule has 6 nitrogen and oxygen atoms in total. The molecule has 0 bridgehead atoms. The topological polar surface area (TPSA) is 118 Å². The van der Waals surface area contributed by atoms with Gasteiger partial charge in [-0.2, -0.15) is 0 Å². The van der Waals surface area contributed by atoms with Gasteiger partial charge in [-0.05, 0) is 74.0 Å². The summed E-state index contributed by atoms with van der Waals surface area (Å²) in [5.41, 5.74) is 11.1. The summed E-state index contributed by atoms with van der Waals surface area (Å²) in [4.78, 5) is 0. The van der Waals surface area contributed by atoms with Gasteiger partial charge in [-0.3, -0.25) is 10.8 Å². The second-order valence-corrected chi connectivity index (χ2v) is 4.78. The van der Waals surface area contributed by atoms with Gasteiger partial charge in [0, 0.05) is 22.1 Å². The van der Waals surface area contributed by atoms with Crippen LogP contribution in [0.1, 0.15) is 53.1 Å². The molecule has 0 fully saturated rings. The van der Waals surface area contributed by atoms with E-state index in [1.165, 1.54) is 24.3 Å². The van der Waals surface area contributed by atoms with Gasteiger partial charge in [0.05, 0.1) is 18.6 Å². The minimum absolute atomic E-state index is 0.235. The highest BCUT2D eigenvalue weighted by atomic mass is 16.5. The Morgan fingerprint density at radius 3 is 1.35 bits per heavy atom. The third kappa shape index (κ3) is 6.47. The van der Waals surface area contributed by atoms with Crippen molar-refractivity contribution in [3.05, 3.63) is 59.7 Å². The third-order valence-corrected chi connectivity index (χ3v) is 2.96. The van der Waals surface area contributed by atoms with Gasteiger partial charge >= 0.3 is 0 Å². The molecule has 0 aromatic heterocycles. The fraction of sp³-hybridized carbons (Fsp3) is 0.300. The minimum Gasteiger partial charge on any atom is -0.494 e. The maximum absolute atomic E-state index is 8.19. The molecule has 0 unspecified atom stereocenters. The van der Waals surface area contributed by atoms with Gasteiger partial charge in [-0.1, -0.05) is 0 Å². The van der Waals surface area contributed by atoms with Gasteiger partial charge in [0.1, 0.15) is 23.2 Å². The first-order valence-electron chi connectivity index (χ1n) is 13.3. The summed E-state index contributed by atoms with van der Waals surface area (Å²) in [5, 5.41) is 14.7. The maximum Gasteiger partial charge on any atom is 0.122 e. The van der Waals surface area contributed by atoms with Crippen LogP contribution in [0.25, 0.3) is 0 Å². The second-order valence-electron chi connectivity index (χ2n) is 4.78. The Morgan fingerprint density at radius 1 is 0.692 bits per heavy atom. The summed E-state index contributed by atoms with van der Waals surface area (Å²) >= 11 is 0. The normalized spacial score (nSPS) is 20.5. The number of nitrogens with one attached hydrogen (secondary N) is 2. The Morgan fingerprint density at radius 2 is 1.04 bits per heavy atom. The third-order valence-electron chi connectivity index (χ3n) is 2.96. The number of ether oxygens (including phenoxy) is 2. The average molecular weight is 367 g/mol.